The fraction of sp³-hybridized carbons (Fsp3) is 1.00. The van der Waals surface area contributed by atoms with Crippen molar-refractivity contribution in [1.29, 1.82) is 0 Å². The van der Waals surface area contributed by atoms with Crippen LogP contribution in [0.25, 0.3) is 0 Å². The maximum Gasteiger partial charge on any atom is 0.134 e. The molecule has 7 unspecified atom stereocenters. The SMILES string of the molecule is CCCC1CCC(C2CCC([C@@H](O)CCC3CCC(C4CCC(CC)CC4)[C@@H](F)C3F)CC2)C(F)C1F. The van der Waals surface area contributed by atoms with Crippen molar-refractivity contribution in [3.05, 3.63) is 0 Å². The van der Waals surface area contributed by atoms with Gasteiger partial charge in [-0.25, -0.2) is 17.6 Å². The number of aliphatic hydroxyl groups excluding tert-OH is 1. The molecule has 0 heterocycles. The molecule has 1 N–H and O–H groups in total. The molecule has 0 radical (unpaired) electrons. The first-order valence-corrected chi connectivity index (χ1v) is 16.1. The van der Waals surface area contributed by atoms with E-state index in [9.17, 15) is 13.9 Å². The van der Waals surface area contributed by atoms with Gasteiger partial charge in [0.1, 0.15) is 24.7 Å². The molecule has 4 rings (SSSR count). The molecule has 0 spiro atoms. The van der Waals surface area contributed by atoms with E-state index in [1.807, 2.05) is 6.92 Å². The van der Waals surface area contributed by atoms with Crippen LogP contribution in [0, 0.1) is 47.3 Å². The van der Waals surface area contributed by atoms with Gasteiger partial charge in [-0.1, -0.05) is 39.5 Å². The summed E-state index contributed by atoms with van der Waals surface area (Å²) < 4.78 is 59.9. The average molecular weight is 531 g/mol. The molecule has 216 valence electrons. The number of aliphatic hydroxyl groups is 1. The summed E-state index contributed by atoms with van der Waals surface area (Å²) in [6.07, 6.45) is 8.96. The molecule has 0 saturated heterocycles. The maximum absolute atomic E-state index is 15.2. The molecule has 0 aromatic carbocycles. The molecule has 0 aromatic rings. The van der Waals surface area contributed by atoms with Crippen LogP contribution in [0.2, 0.25) is 0 Å². The third kappa shape index (κ3) is 7.07. The predicted molar refractivity (Wildman–Crippen MR) is 143 cm³/mol. The molecule has 0 aliphatic heterocycles. The summed E-state index contributed by atoms with van der Waals surface area (Å²) in [6.45, 7) is 4.26. The van der Waals surface area contributed by atoms with E-state index < -0.39 is 30.8 Å². The van der Waals surface area contributed by atoms with Crippen molar-refractivity contribution in [1.82, 2.24) is 0 Å². The van der Waals surface area contributed by atoms with Crippen LogP contribution in [-0.2, 0) is 0 Å². The highest BCUT2D eigenvalue weighted by Gasteiger charge is 2.45. The number of hydrogen-bond acceptors (Lipinski definition) is 1. The third-order valence-corrected chi connectivity index (χ3v) is 11.6. The van der Waals surface area contributed by atoms with Crippen molar-refractivity contribution in [3.8, 4) is 0 Å². The Kier molecular flexibility index (Phi) is 11.1. The minimum Gasteiger partial charge on any atom is -0.393 e. The highest BCUT2D eigenvalue weighted by Crippen LogP contribution is 2.47. The lowest BCUT2D eigenvalue weighted by Gasteiger charge is -2.42. The van der Waals surface area contributed by atoms with Crippen LogP contribution in [0.15, 0.2) is 0 Å². The Balaban J connectivity index is 1.18. The largest absolute Gasteiger partial charge is 0.393 e. The van der Waals surface area contributed by atoms with E-state index in [0.717, 1.165) is 83.0 Å². The van der Waals surface area contributed by atoms with E-state index in [-0.39, 0.29) is 35.5 Å². The summed E-state index contributed by atoms with van der Waals surface area (Å²) in [5, 5.41) is 10.9. The van der Waals surface area contributed by atoms with Crippen molar-refractivity contribution in [2.45, 2.75) is 154 Å². The van der Waals surface area contributed by atoms with Gasteiger partial charge in [0.05, 0.1) is 6.10 Å². The van der Waals surface area contributed by atoms with Gasteiger partial charge in [0.2, 0.25) is 0 Å². The second-order valence-corrected chi connectivity index (χ2v) is 13.6. The lowest BCUT2D eigenvalue weighted by atomic mass is 9.66. The normalized spacial score (nSPS) is 46.5. The lowest BCUT2D eigenvalue weighted by Crippen LogP contribution is -2.43. The molecule has 0 amide bonds. The summed E-state index contributed by atoms with van der Waals surface area (Å²) >= 11 is 0. The molecule has 4 fully saturated rings. The Morgan fingerprint density at radius 1 is 0.595 bits per heavy atom. The molecule has 4 aliphatic carbocycles. The second kappa shape index (κ2) is 13.8. The van der Waals surface area contributed by atoms with E-state index in [0.29, 0.717) is 18.8 Å². The van der Waals surface area contributed by atoms with Crippen LogP contribution >= 0.6 is 0 Å². The lowest BCUT2D eigenvalue weighted by molar-refractivity contribution is -0.0286. The standard InChI is InChI=1S/C32H54F4O/c1-3-5-24-14-17-27(31(35)29(24)33)22-10-12-23(13-11-22)28(37)19-16-25-15-18-26(32(36)30(25)34)21-8-6-20(4-2)7-9-21/h20-32,37H,3-19H2,1-2H3/t20?,21?,22?,23?,24?,25?,26?,27?,28-,29?,30?,31?,32+/m0/s1. The summed E-state index contributed by atoms with van der Waals surface area (Å²) in [5.74, 6) is 0.770. The van der Waals surface area contributed by atoms with Crippen molar-refractivity contribution in [2.24, 2.45) is 47.3 Å². The first-order chi connectivity index (χ1) is 17.8. The van der Waals surface area contributed by atoms with Gasteiger partial charge in [0.25, 0.3) is 0 Å². The minimum absolute atomic E-state index is 0.121. The van der Waals surface area contributed by atoms with Gasteiger partial charge in [0.15, 0.2) is 0 Å². The highest BCUT2D eigenvalue weighted by atomic mass is 19.2. The molecular formula is C32H54F4O. The van der Waals surface area contributed by atoms with Gasteiger partial charge in [-0.15, -0.1) is 0 Å². The van der Waals surface area contributed by atoms with E-state index in [2.05, 4.69) is 6.92 Å². The zero-order valence-electron chi connectivity index (χ0n) is 23.5. The third-order valence-electron chi connectivity index (χ3n) is 11.6. The summed E-state index contributed by atoms with van der Waals surface area (Å²) in [4.78, 5) is 0. The second-order valence-electron chi connectivity index (χ2n) is 13.6. The van der Waals surface area contributed by atoms with E-state index in [1.54, 1.807) is 0 Å². The molecule has 37 heavy (non-hydrogen) atoms. The van der Waals surface area contributed by atoms with Crippen LogP contribution in [-0.4, -0.2) is 35.9 Å². The van der Waals surface area contributed by atoms with Crippen molar-refractivity contribution >= 4 is 0 Å². The smallest absolute Gasteiger partial charge is 0.134 e. The minimum atomic E-state index is -1.40. The summed E-state index contributed by atoms with van der Waals surface area (Å²) in [7, 11) is 0. The first-order valence-electron chi connectivity index (χ1n) is 16.1. The van der Waals surface area contributed by atoms with Crippen LogP contribution in [0.5, 0.6) is 0 Å². The molecule has 0 aromatic heterocycles. The van der Waals surface area contributed by atoms with Gasteiger partial charge >= 0.3 is 0 Å². The van der Waals surface area contributed by atoms with Crippen LogP contribution in [0.3, 0.4) is 0 Å². The number of rotatable bonds is 9. The molecule has 9 atom stereocenters. The molecular weight excluding hydrogens is 476 g/mol. The quantitative estimate of drug-likeness (QED) is 0.294. The van der Waals surface area contributed by atoms with Gasteiger partial charge in [0, 0.05) is 0 Å². The Morgan fingerprint density at radius 2 is 1.08 bits per heavy atom. The Hall–Kier alpha value is -0.320. The topological polar surface area (TPSA) is 20.2 Å². The summed E-state index contributed by atoms with van der Waals surface area (Å²) in [5.41, 5.74) is 0. The van der Waals surface area contributed by atoms with Gasteiger partial charge < -0.3 is 5.11 Å². The highest BCUT2D eigenvalue weighted by molar-refractivity contribution is 4.94. The van der Waals surface area contributed by atoms with Crippen LogP contribution in [0.1, 0.15) is 123 Å². The number of hydrogen-bond donors (Lipinski definition) is 1. The zero-order chi connectivity index (χ0) is 26.5. The Morgan fingerprint density at radius 3 is 1.57 bits per heavy atom. The molecule has 4 aliphatic rings. The van der Waals surface area contributed by atoms with Gasteiger partial charge in [-0.05, 0) is 131 Å². The first kappa shape index (κ1) is 29.7. The zero-order valence-corrected chi connectivity index (χ0v) is 23.5. The van der Waals surface area contributed by atoms with E-state index in [1.165, 1.54) is 19.3 Å². The van der Waals surface area contributed by atoms with E-state index in [4.69, 9.17) is 0 Å². The molecule has 1 nitrogen and oxygen atoms in total. The van der Waals surface area contributed by atoms with Crippen molar-refractivity contribution < 1.29 is 22.7 Å². The molecule has 4 saturated carbocycles. The van der Waals surface area contributed by atoms with Crippen LogP contribution in [0.4, 0.5) is 17.6 Å². The van der Waals surface area contributed by atoms with Gasteiger partial charge in [-0.3, -0.25) is 0 Å². The van der Waals surface area contributed by atoms with Crippen molar-refractivity contribution in [3.63, 3.8) is 0 Å². The van der Waals surface area contributed by atoms with Crippen molar-refractivity contribution in [2.75, 3.05) is 0 Å². The fourth-order valence-electron chi connectivity index (χ4n) is 9.01. The van der Waals surface area contributed by atoms with Gasteiger partial charge in [-0.2, -0.15) is 0 Å². The monoisotopic (exact) mass is 530 g/mol. The summed E-state index contributed by atoms with van der Waals surface area (Å²) in [6, 6.07) is 0. The van der Waals surface area contributed by atoms with E-state index >= 15 is 8.78 Å². The Labute approximate surface area is 223 Å². The number of alkyl halides is 4. The molecule has 0 bridgehead atoms. The van der Waals surface area contributed by atoms with Crippen LogP contribution < -0.4 is 0 Å². The Bertz CT molecular complexity index is 659. The number of halogens is 4. The average Bonchev–Trinajstić information content (AvgIpc) is 2.92. The predicted octanol–water partition coefficient (Wildman–Crippen LogP) is 9.36. The molecule has 5 heteroatoms. The fourth-order valence-corrected chi connectivity index (χ4v) is 9.01. The maximum atomic E-state index is 15.2.